The fourth-order valence-electron chi connectivity index (χ4n) is 1.82. The van der Waals surface area contributed by atoms with Gasteiger partial charge in [0.1, 0.15) is 0 Å². The van der Waals surface area contributed by atoms with E-state index in [1.165, 1.54) is 7.11 Å². The third kappa shape index (κ3) is 2.42. The first kappa shape index (κ1) is 10.5. The number of hydroxylamine groups is 1. The molecule has 1 saturated heterocycles. The summed E-state index contributed by atoms with van der Waals surface area (Å²) in [7, 11) is 1.45. The van der Waals surface area contributed by atoms with Crippen LogP contribution in [0.4, 0.5) is 0 Å². The largest absolute Gasteiger partial charge is 0.305 e. The van der Waals surface area contributed by atoms with E-state index in [-0.39, 0.29) is 17.4 Å². The zero-order valence-corrected chi connectivity index (χ0v) is 8.52. The van der Waals surface area contributed by atoms with Gasteiger partial charge in [-0.3, -0.25) is 9.63 Å². The summed E-state index contributed by atoms with van der Waals surface area (Å²) >= 11 is 0. The number of piperidine rings is 1. The lowest BCUT2D eigenvalue weighted by atomic mass is 9.77. The Kier molecular flexibility index (Phi) is 3.27. The quantitative estimate of drug-likeness (QED) is 0.615. The molecule has 4 heteroatoms. The van der Waals surface area contributed by atoms with E-state index in [4.69, 9.17) is 0 Å². The van der Waals surface area contributed by atoms with Crippen molar-refractivity contribution in [2.45, 2.75) is 32.7 Å². The van der Waals surface area contributed by atoms with E-state index < -0.39 is 0 Å². The molecule has 0 spiro atoms. The van der Waals surface area contributed by atoms with Crippen LogP contribution in [0.25, 0.3) is 0 Å². The molecule has 13 heavy (non-hydrogen) atoms. The van der Waals surface area contributed by atoms with Crippen molar-refractivity contribution >= 4 is 5.91 Å². The van der Waals surface area contributed by atoms with Crippen molar-refractivity contribution in [3.05, 3.63) is 0 Å². The van der Waals surface area contributed by atoms with E-state index in [1.54, 1.807) is 0 Å². The predicted octanol–water partition coefficient (Wildman–Crippen LogP) is 0.442. The van der Waals surface area contributed by atoms with Crippen LogP contribution in [0.3, 0.4) is 0 Å². The van der Waals surface area contributed by atoms with Crippen LogP contribution in [0.5, 0.6) is 0 Å². The Morgan fingerprint density at radius 3 is 2.85 bits per heavy atom. The van der Waals surface area contributed by atoms with Gasteiger partial charge in [0.2, 0.25) is 0 Å². The molecule has 1 rings (SSSR count). The van der Waals surface area contributed by atoms with Crippen LogP contribution >= 0.6 is 0 Å². The third-order valence-corrected chi connectivity index (χ3v) is 2.59. The molecule has 1 atom stereocenters. The topological polar surface area (TPSA) is 50.4 Å². The molecule has 0 saturated carbocycles. The summed E-state index contributed by atoms with van der Waals surface area (Å²) in [5, 5.41) is 3.20. The highest BCUT2D eigenvalue weighted by molar-refractivity contribution is 5.81. The lowest BCUT2D eigenvalue weighted by Gasteiger charge is -2.37. The summed E-state index contributed by atoms with van der Waals surface area (Å²) < 4.78 is 0. The lowest BCUT2D eigenvalue weighted by Crippen LogP contribution is -2.55. The molecule has 1 fully saturated rings. The molecule has 0 radical (unpaired) electrons. The van der Waals surface area contributed by atoms with Crippen LogP contribution in [-0.2, 0) is 9.63 Å². The maximum Gasteiger partial charge on any atom is 0.261 e. The van der Waals surface area contributed by atoms with Crippen LogP contribution < -0.4 is 10.8 Å². The molecule has 2 N–H and O–H groups in total. The second kappa shape index (κ2) is 4.07. The molecule has 1 aliphatic rings. The fraction of sp³-hybridized carbons (Fsp3) is 0.889. The van der Waals surface area contributed by atoms with Gasteiger partial charge in [0, 0.05) is 0 Å². The van der Waals surface area contributed by atoms with E-state index in [2.05, 4.69) is 29.5 Å². The molecule has 0 aromatic rings. The molecule has 4 nitrogen and oxygen atoms in total. The molecular weight excluding hydrogens is 168 g/mol. The number of rotatable bonds is 2. The molecule has 1 amide bonds. The van der Waals surface area contributed by atoms with Gasteiger partial charge in [-0.15, -0.1) is 0 Å². The minimum Gasteiger partial charge on any atom is -0.305 e. The van der Waals surface area contributed by atoms with Crippen LogP contribution in [0.15, 0.2) is 0 Å². The number of hydrogen-bond donors (Lipinski definition) is 2. The van der Waals surface area contributed by atoms with Crippen LogP contribution in [0, 0.1) is 5.41 Å². The fourth-order valence-corrected chi connectivity index (χ4v) is 1.82. The van der Waals surface area contributed by atoms with Crippen LogP contribution in [0.1, 0.15) is 26.7 Å². The molecule has 0 aromatic heterocycles. The first-order chi connectivity index (χ1) is 6.08. The second-order valence-electron chi connectivity index (χ2n) is 4.15. The Bertz CT molecular complexity index is 192. The van der Waals surface area contributed by atoms with E-state index in [1.807, 2.05) is 0 Å². The SMILES string of the molecule is CONC(=O)C1NCCCC1(C)C. The molecule has 1 aliphatic heterocycles. The Labute approximate surface area is 79.0 Å². The molecular formula is C9H18N2O2. The summed E-state index contributed by atoms with van der Waals surface area (Å²) in [5.41, 5.74) is 2.38. The minimum absolute atomic E-state index is 0.0147. The van der Waals surface area contributed by atoms with Crippen molar-refractivity contribution in [1.82, 2.24) is 10.8 Å². The van der Waals surface area contributed by atoms with Gasteiger partial charge in [0.05, 0.1) is 13.2 Å². The smallest absolute Gasteiger partial charge is 0.261 e. The Hall–Kier alpha value is -0.610. The number of amides is 1. The Morgan fingerprint density at radius 2 is 2.31 bits per heavy atom. The van der Waals surface area contributed by atoms with Crippen molar-refractivity contribution in [3.63, 3.8) is 0 Å². The third-order valence-electron chi connectivity index (χ3n) is 2.59. The second-order valence-corrected chi connectivity index (χ2v) is 4.15. The first-order valence-electron chi connectivity index (χ1n) is 4.64. The van der Waals surface area contributed by atoms with E-state index >= 15 is 0 Å². The average Bonchev–Trinajstić information content (AvgIpc) is 2.03. The highest BCUT2D eigenvalue weighted by Gasteiger charge is 2.36. The van der Waals surface area contributed by atoms with Crippen LogP contribution in [0.2, 0.25) is 0 Å². The van der Waals surface area contributed by atoms with Crippen molar-refractivity contribution in [2.24, 2.45) is 5.41 Å². The number of carbonyl (C=O) groups excluding carboxylic acids is 1. The van der Waals surface area contributed by atoms with E-state index in [9.17, 15) is 4.79 Å². The maximum atomic E-state index is 11.5. The zero-order valence-electron chi connectivity index (χ0n) is 8.52. The van der Waals surface area contributed by atoms with E-state index in [0.29, 0.717) is 0 Å². The molecule has 0 aromatic carbocycles. The van der Waals surface area contributed by atoms with Gasteiger partial charge in [0.15, 0.2) is 0 Å². The van der Waals surface area contributed by atoms with Gasteiger partial charge in [-0.25, -0.2) is 5.48 Å². The number of nitrogens with one attached hydrogen (secondary N) is 2. The molecule has 0 aliphatic carbocycles. The number of carbonyl (C=O) groups is 1. The molecule has 0 bridgehead atoms. The molecule has 76 valence electrons. The van der Waals surface area contributed by atoms with E-state index in [0.717, 1.165) is 19.4 Å². The average molecular weight is 186 g/mol. The monoisotopic (exact) mass is 186 g/mol. The lowest BCUT2D eigenvalue weighted by molar-refractivity contribution is -0.137. The van der Waals surface area contributed by atoms with Crippen molar-refractivity contribution in [3.8, 4) is 0 Å². The molecule has 1 heterocycles. The number of hydrogen-bond acceptors (Lipinski definition) is 3. The van der Waals surface area contributed by atoms with Crippen LogP contribution in [-0.4, -0.2) is 25.6 Å². The normalized spacial score (nSPS) is 26.8. The van der Waals surface area contributed by atoms with Crippen molar-refractivity contribution in [2.75, 3.05) is 13.7 Å². The molecule has 1 unspecified atom stereocenters. The van der Waals surface area contributed by atoms with Gasteiger partial charge in [-0.1, -0.05) is 13.8 Å². The Balaban J connectivity index is 2.59. The highest BCUT2D eigenvalue weighted by Crippen LogP contribution is 2.29. The predicted molar refractivity (Wildman–Crippen MR) is 50.0 cm³/mol. The van der Waals surface area contributed by atoms with Crippen molar-refractivity contribution < 1.29 is 9.63 Å². The summed E-state index contributed by atoms with van der Waals surface area (Å²) in [6, 6.07) is -0.138. The van der Waals surface area contributed by atoms with Gasteiger partial charge >= 0.3 is 0 Å². The maximum absolute atomic E-state index is 11.5. The summed E-state index contributed by atoms with van der Waals surface area (Å²) in [5.74, 6) is -0.0767. The van der Waals surface area contributed by atoms with Gasteiger partial charge in [0.25, 0.3) is 5.91 Å². The van der Waals surface area contributed by atoms with Gasteiger partial charge < -0.3 is 5.32 Å². The summed E-state index contributed by atoms with van der Waals surface area (Å²) in [6.07, 6.45) is 2.20. The Morgan fingerprint density at radius 1 is 1.62 bits per heavy atom. The van der Waals surface area contributed by atoms with Crippen molar-refractivity contribution in [1.29, 1.82) is 0 Å². The summed E-state index contributed by atoms with van der Waals surface area (Å²) in [4.78, 5) is 16.1. The zero-order chi connectivity index (χ0) is 9.90. The minimum atomic E-state index is -0.138. The first-order valence-corrected chi connectivity index (χ1v) is 4.64. The highest BCUT2D eigenvalue weighted by atomic mass is 16.6. The summed E-state index contributed by atoms with van der Waals surface area (Å²) in [6.45, 7) is 5.10. The van der Waals surface area contributed by atoms with Gasteiger partial charge in [-0.2, -0.15) is 0 Å². The van der Waals surface area contributed by atoms with Gasteiger partial charge in [-0.05, 0) is 24.8 Å². The standard InChI is InChI=1S/C9H18N2O2/c1-9(2)5-4-6-10-7(9)8(12)11-13-3/h7,10H,4-6H2,1-3H3,(H,11,12).